The summed E-state index contributed by atoms with van der Waals surface area (Å²) in [6.45, 7) is 0. The van der Waals surface area contributed by atoms with Gasteiger partial charge in [0, 0.05) is 31.2 Å². The van der Waals surface area contributed by atoms with Crippen LogP contribution in [0.5, 0.6) is 5.75 Å². The highest BCUT2D eigenvalue weighted by Gasteiger charge is 2.12. The summed E-state index contributed by atoms with van der Waals surface area (Å²) >= 11 is 0. The molecule has 2 aromatic carbocycles. The van der Waals surface area contributed by atoms with Gasteiger partial charge in [-0.05, 0) is 30.3 Å². The molecule has 3 nitrogen and oxygen atoms in total. The summed E-state index contributed by atoms with van der Waals surface area (Å²) in [5, 5.41) is 3.71. The second-order valence-electron chi connectivity index (χ2n) is 5.29. The number of hydrogen-bond donors (Lipinski definition) is 0. The standard InChI is InChI=1S/C17H19N2O/c1-18(2)13-5-7-16-15-8-6-14(20-4)9-12(15)11-19(3)17(16)10-13/h5-11H,1-4H3/q+1. The number of methoxy groups -OCH3 is 1. The Bertz CT molecular complexity index is 794. The van der Waals surface area contributed by atoms with Gasteiger partial charge in [0.25, 0.3) is 0 Å². The molecule has 1 heterocycles. The molecule has 0 fully saturated rings. The fraction of sp³-hybridized carbons (Fsp3) is 0.235. The minimum absolute atomic E-state index is 0.891. The molecular weight excluding hydrogens is 248 g/mol. The summed E-state index contributed by atoms with van der Waals surface area (Å²) in [6.07, 6.45) is 2.15. The van der Waals surface area contributed by atoms with Crippen molar-refractivity contribution in [2.24, 2.45) is 7.05 Å². The van der Waals surface area contributed by atoms with Gasteiger partial charge in [0.2, 0.25) is 5.52 Å². The molecule has 0 spiro atoms. The largest absolute Gasteiger partial charge is 0.497 e. The Morgan fingerprint density at radius 1 is 1.00 bits per heavy atom. The zero-order chi connectivity index (χ0) is 14.3. The number of ether oxygens (including phenoxy) is 1. The van der Waals surface area contributed by atoms with E-state index in [1.807, 2.05) is 6.07 Å². The van der Waals surface area contributed by atoms with Crippen molar-refractivity contribution in [1.29, 1.82) is 0 Å². The van der Waals surface area contributed by atoms with E-state index in [-0.39, 0.29) is 0 Å². The van der Waals surface area contributed by atoms with Crippen LogP contribution in [0.4, 0.5) is 5.69 Å². The Kier molecular flexibility index (Phi) is 2.97. The number of benzene rings is 2. The summed E-state index contributed by atoms with van der Waals surface area (Å²) in [7, 11) is 7.91. The van der Waals surface area contributed by atoms with Gasteiger partial charge in [0.1, 0.15) is 12.8 Å². The Morgan fingerprint density at radius 2 is 1.75 bits per heavy atom. The fourth-order valence-corrected chi connectivity index (χ4v) is 2.62. The fourth-order valence-electron chi connectivity index (χ4n) is 2.62. The molecule has 0 saturated carbocycles. The van der Waals surface area contributed by atoms with Crippen LogP contribution in [0.15, 0.2) is 42.6 Å². The molecule has 0 atom stereocenters. The molecule has 0 saturated heterocycles. The average molecular weight is 267 g/mol. The molecule has 0 aliphatic heterocycles. The SMILES string of the molecule is COc1ccc2c(c1)c[n+](C)c1cc(N(C)C)ccc21. The van der Waals surface area contributed by atoms with E-state index in [4.69, 9.17) is 4.74 Å². The molecule has 0 bridgehead atoms. The zero-order valence-electron chi connectivity index (χ0n) is 12.3. The van der Waals surface area contributed by atoms with Crippen LogP contribution in [0.1, 0.15) is 0 Å². The van der Waals surface area contributed by atoms with E-state index in [2.05, 4.69) is 67.1 Å². The topological polar surface area (TPSA) is 16.4 Å². The van der Waals surface area contributed by atoms with Crippen LogP contribution < -0.4 is 14.2 Å². The Hall–Kier alpha value is -2.29. The summed E-state index contributed by atoms with van der Waals surface area (Å²) in [4.78, 5) is 2.12. The third-order valence-electron chi connectivity index (χ3n) is 3.76. The minimum Gasteiger partial charge on any atom is -0.497 e. The molecule has 20 heavy (non-hydrogen) atoms. The van der Waals surface area contributed by atoms with Gasteiger partial charge < -0.3 is 9.64 Å². The Morgan fingerprint density at radius 3 is 2.45 bits per heavy atom. The van der Waals surface area contributed by atoms with Crippen molar-refractivity contribution in [3.8, 4) is 5.75 Å². The third kappa shape index (κ3) is 1.95. The van der Waals surface area contributed by atoms with E-state index >= 15 is 0 Å². The predicted octanol–water partition coefficient (Wildman–Crippen LogP) is 2.89. The van der Waals surface area contributed by atoms with Crippen molar-refractivity contribution >= 4 is 27.4 Å². The minimum atomic E-state index is 0.891. The highest BCUT2D eigenvalue weighted by molar-refractivity contribution is 6.04. The van der Waals surface area contributed by atoms with Crippen molar-refractivity contribution < 1.29 is 9.30 Å². The first-order valence-corrected chi connectivity index (χ1v) is 6.67. The van der Waals surface area contributed by atoms with E-state index in [9.17, 15) is 0 Å². The van der Waals surface area contributed by atoms with Crippen LogP contribution in [0.3, 0.4) is 0 Å². The van der Waals surface area contributed by atoms with E-state index in [0.29, 0.717) is 0 Å². The lowest BCUT2D eigenvalue weighted by molar-refractivity contribution is -0.643. The molecule has 0 N–H and O–H groups in total. The van der Waals surface area contributed by atoms with Gasteiger partial charge in [-0.2, -0.15) is 0 Å². The molecule has 1 aromatic heterocycles. The van der Waals surface area contributed by atoms with Gasteiger partial charge in [-0.15, -0.1) is 0 Å². The van der Waals surface area contributed by atoms with E-state index in [0.717, 1.165) is 5.75 Å². The number of aryl methyl sites for hydroxylation is 1. The monoisotopic (exact) mass is 267 g/mol. The summed E-state index contributed by atoms with van der Waals surface area (Å²) in [6, 6.07) is 12.8. The lowest BCUT2D eigenvalue weighted by Crippen LogP contribution is -2.28. The van der Waals surface area contributed by atoms with Gasteiger partial charge in [0.05, 0.1) is 17.9 Å². The molecule has 0 unspecified atom stereocenters. The molecule has 102 valence electrons. The molecule has 3 heteroatoms. The quantitative estimate of drug-likeness (QED) is 0.524. The maximum atomic E-state index is 5.31. The van der Waals surface area contributed by atoms with E-state index in [1.165, 1.54) is 27.4 Å². The molecular formula is C17H19N2O+. The van der Waals surface area contributed by atoms with Crippen LogP contribution in [0.25, 0.3) is 21.7 Å². The first-order chi connectivity index (χ1) is 9.60. The maximum absolute atomic E-state index is 5.31. The molecule has 0 amide bonds. The number of aromatic nitrogens is 1. The number of pyridine rings is 1. The number of anilines is 1. The highest BCUT2D eigenvalue weighted by Crippen LogP contribution is 2.28. The summed E-state index contributed by atoms with van der Waals surface area (Å²) < 4.78 is 7.48. The Balaban J connectivity index is 2.36. The molecule has 3 aromatic rings. The van der Waals surface area contributed by atoms with Gasteiger partial charge in [-0.1, -0.05) is 0 Å². The number of rotatable bonds is 2. The molecule has 3 rings (SSSR count). The Labute approximate surface area is 119 Å². The number of hydrogen-bond acceptors (Lipinski definition) is 2. The van der Waals surface area contributed by atoms with E-state index < -0.39 is 0 Å². The first-order valence-electron chi connectivity index (χ1n) is 6.67. The smallest absolute Gasteiger partial charge is 0.214 e. The summed E-state index contributed by atoms with van der Waals surface area (Å²) in [5.74, 6) is 0.891. The normalized spacial score (nSPS) is 11.0. The molecule has 0 radical (unpaired) electrons. The van der Waals surface area contributed by atoms with Crippen LogP contribution in [0, 0.1) is 0 Å². The van der Waals surface area contributed by atoms with Gasteiger partial charge in [-0.3, -0.25) is 0 Å². The van der Waals surface area contributed by atoms with Crippen molar-refractivity contribution in [1.82, 2.24) is 0 Å². The van der Waals surface area contributed by atoms with Gasteiger partial charge >= 0.3 is 0 Å². The molecule has 0 aliphatic rings. The number of fused-ring (bicyclic) bond motifs is 3. The average Bonchev–Trinajstić information content (AvgIpc) is 2.46. The summed E-state index contributed by atoms with van der Waals surface area (Å²) in [5.41, 5.74) is 2.44. The van der Waals surface area contributed by atoms with Gasteiger partial charge in [0.15, 0.2) is 6.20 Å². The third-order valence-corrected chi connectivity index (χ3v) is 3.76. The van der Waals surface area contributed by atoms with Crippen LogP contribution >= 0.6 is 0 Å². The van der Waals surface area contributed by atoms with Crippen molar-refractivity contribution in [2.75, 3.05) is 26.1 Å². The second-order valence-corrected chi connectivity index (χ2v) is 5.29. The van der Waals surface area contributed by atoms with Gasteiger partial charge in [-0.25, -0.2) is 4.57 Å². The first kappa shape index (κ1) is 12.7. The number of nitrogens with zero attached hydrogens (tertiary/aromatic N) is 2. The van der Waals surface area contributed by atoms with Crippen molar-refractivity contribution in [2.45, 2.75) is 0 Å². The van der Waals surface area contributed by atoms with Crippen molar-refractivity contribution in [3.63, 3.8) is 0 Å². The second kappa shape index (κ2) is 4.67. The lowest BCUT2D eigenvalue weighted by Gasteiger charge is -2.12. The zero-order valence-corrected chi connectivity index (χ0v) is 12.3. The van der Waals surface area contributed by atoms with E-state index in [1.54, 1.807) is 7.11 Å². The van der Waals surface area contributed by atoms with Crippen molar-refractivity contribution in [3.05, 3.63) is 42.6 Å². The van der Waals surface area contributed by atoms with Crippen LogP contribution in [-0.4, -0.2) is 21.2 Å². The predicted molar refractivity (Wildman–Crippen MR) is 83.5 cm³/mol. The molecule has 0 aliphatic carbocycles. The lowest BCUT2D eigenvalue weighted by atomic mass is 10.1. The van der Waals surface area contributed by atoms with Crippen LogP contribution in [0.2, 0.25) is 0 Å². The maximum Gasteiger partial charge on any atom is 0.214 e. The van der Waals surface area contributed by atoms with Crippen LogP contribution in [-0.2, 0) is 7.05 Å². The highest BCUT2D eigenvalue weighted by atomic mass is 16.5.